The van der Waals surface area contributed by atoms with E-state index < -0.39 is 14.9 Å². The maximum atomic E-state index is 13.8. The number of carbonyl (C=O) groups is 1. The standard InChI is InChI=1S/C24H34O2S/c1-23(2,3)18-15-21(27(4,5)26)22(25)24(16-11-6-7-12-17-24)19-20-13-9-8-10-14-20/h8-10,13-14H,6-7,11-12,16-17,19H2,1-5H3. The lowest BCUT2D eigenvalue weighted by atomic mass is 9.71. The highest BCUT2D eigenvalue weighted by atomic mass is 32.2. The van der Waals surface area contributed by atoms with E-state index in [-0.39, 0.29) is 11.2 Å². The summed E-state index contributed by atoms with van der Waals surface area (Å²) < 4.78 is 13.0. The smallest absolute Gasteiger partial charge is 0.185 e. The van der Waals surface area contributed by atoms with Gasteiger partial charge in [0.25, 0.3) is 0 Å². The van der Waals surface area contributed by atoms with Gasteiger partial charge < -0.3 is 0 Å². The van der Waals surface area contributed by atoms with Crippen LogP contribution in [0, 0.1) is 22.7 Å². The lowest BCUT2D eigenvalue weighted by molar-refractivity contribution is -0.122. The molecule has 148 valence electrons. The van der Waals surface area contributed by atoms with E-state index in [1.54, 1.807) is 12.5 Å². The molecule has 0 radical (unpaired) electrons. The van der Waals surface area contributed by atoms with Gasteiger partial charge in [0.1, 0.15) is 4.86 Å². The van der Waals surface area contributed by atoms with Gasteiger partial charge in [-0.25, -0.2) is 0 Å². The van der Waals surface area contributed by atoms with E-state index in [2.05, 4.69) is 24.0 Å². The quantitative estimate of drug-likeness (QED) is 0.419. The highest BCUT2D eigenvalue weighted by Crippen LogP contribution is 2.39. The first-order valence-corrected chi connectivity index (χ1v) is 12.3. The Labute approximate surface area is 166 Å². The maximum Gasteiger partial charge on any atom is 0.185 e. The number of ketones is 1. The summed E-state index contributed by atoms with van der Waals surface area (Å²) in [6.45, 7) is 6.04. The molecule has 1 aliphatic carbocycles. The summed E-state index contributed by atoms with van der Waals surface area (Å²) >= 11 is 0. The van der Waals surface area contributed by atoms with Crippen LogP contribution in [0.3, 0.4) is 0 Å². The van der Waals surface area contributed by atoms with Crippen LogP contribution >= 0.6 is 0 Å². The van der Waals surface area contributed by atoms with Crippen LogP contribution in [-0.4, -0.2) is 27.4 Å². The topological polar surface area (TPSA) is 34.1 Å². The molecular weight excluding hydrogens is 352 g/mol. The Balaban J connectivity index is 2.54. The van der Waals surface area contributed by atoms with Gasteiger partial charge in [-0.3, -0.25) is 9.00 Å². The second kappa shape index (κ2) is 8.65. The molecule has 0 bridgehead atoms. The van der Waals surface area contributed by atoms with Gasteiger partial charge in [-0.05, 0) is 55.1 Å². The predicted octanol–water partition coefficient (Wildman–Crippen LogP) is 4.90. The normalized spacial score (nSPS) is 17.4. The predicted molar refractivity (Wildman–Crippen MR) is 118 cm³/mol. The fourth-order valence-corrected chi connectivity index (χ4v) is 4.72. The summed E-state index contributed by atoms with van der Waals surface area (Å²) in [6, 6.07) is 10.2. The van der Waals surface area contributed by atoms with Crippen LogP contribution in [-0.2, 0) is 20.7 Å². The Morgan fingerprint density at radius 3 is 2.07 bits per heavy atom. The monoisotopic (exact) mass is 386 g/mol. The van der Waals surface area contributed by atoms with Crippen molar-refractivity contribution in [2.75, 3.05) is 12.5 Å². The SMILES string of the molecule is CC(C)(C)C#CC(C(=O)C1(Cc2ccccc2)CCCCCC1)=S(C)(C)=O. The lowest BCUT2D eigenvalue weighted by Gasteiger charge is -2.32. The fraction of sp³-hybridized carbons (Fsp3) is 0.583. The molecule has 0 saturated heterocycles. The molecule has 2 rings (SSSR count). The van der Waals surface area contributed by atoms with Gasteiger partial charge in [0.15, 0.2) is 5.78 Å². The summed E-state index contributed by atoms with van der Waals surface area (Å²) in [5.41, 5.74) is 0.468. The average Bonchev–Trinajstić information content (AvgIpc) is 2.80. The molecule has 0 aliphatic heterocycles. The Hall–Kier alpha value is -1.53. The van der Waals surface area contributed by atoms with Crippen molar-refractivity contribution < 1.29 is 9.00 Å². The molecule has 3 heteroatoms. The van der Waals surface area contributed by atoms with Gasteiger partial charge in [-0.15, -0.1) is 0 Å². The second-order valence-corrected chi connectivity index (χ2v) is 12.1. The Kier molecular flexibility index (Phi) is 6.98. The lowest BCUT2D eigenvalue weighted by Crippen LogP contribution is -2.40. The molecule has 1 saturated carbocycles. The van der Waals surface area contributed by atoms with Crippen LogP contribution in [0.1, 0.15) is 64.9 Å². The van der Waals surface area contributed by atoms with Gasteiger partial charge in [0.05, 0.1) is 0 Å². The number of carbonyl (C=O) groups excluding carboxylic acids is 1. The van der Waals surface area contributed by atoms with Crippen molar-refractivity contribution in [1.29, 1.82) is 0 Å². The van der Waals surface area contributed by atoms with Crippen LogP contribution in [0.4, 0.5) is 0 Å². The third kappa shape index (κ3) is 6.25. The molecule has 0 spiro atoms. The van der Waals surface area contributed by atoms with Crippen molar-refractivity contribution in [3.8, 4) is 11.8 Å². The first-order valence-electron chi connectivity index (χ1n) is 9.97. The molecule has 1 aliphatic rings. The number of benzene rings is 1. The van der Waals surface area contributed by atoms with Crippen LogP contribution in [0.25, 0.3) is 0 Å². The van der Waals surface area contributed by atoms with Crippen LogP contribution in [0.5, 0.6) is 0 Å². The van der Waals surface area contributed by atoms with Crippen molar-refractivity contribution in [2.24, 2.45) is 10.8 Å². The van der Waals surface area contributed by atoms with E-state index in [1.807, 2.05) is 39.0 Å². The summed E-state index contributed by atoms with van der Waals surface area (Å²) in [6.07, 6.45) is 10.2. The van der Waals surface area contributed by atoms with E-state index in [1.165, 1.54) is 18.4 Å². The third-order valence-electron chi connectivity index (χ3n) is 5.18. The number of hydrogen-bond donors (Lipinski definition) is 0. The van der Waals surface area contributed by atoms with Gasteiger partial charge in [-0.2, -0.15) is 0 Å². The average molecular weight is 387 g/mol. The van der Waals surface area contributed by atoms with Gasteiger partial charge in [-0.1, -0.05) is 67.9 Å². The molecule has 1 aromatic carbocycles. The summed E-state index contributed by atoms with van der Waals surface area (Å²) in [4.78, 5) is 14.2. The highest BCUT2D eigenvalue weighted by molar-refractivity contribution is 8.02. The third-order valence-corrected chi connectivity index (χ3v) is 6.45. The molecule has 1 fully saturated rings. The van der Waals surface area contributed by atoms with Crippen LogP contribution < -0.4 is 0 Å². The van der Waals surface area contributed by atoms with E-state index in [4.69, 9.17) is 0 Å². The molecule has 0 amide bonds. The zero-order chi connectivity index (χ0) is 20.1. The van der Waals surface area contributed by atoms with Gasteiger partial charge in [0, 0.05) is 23.3 Å². The number of Topliss-reactive ketones (excluding diaryl/α,β-unsaturated/α-hetero) is 1. The molecule has 0 aromatic heterocycles. The van der Waals surface area contributed by atoms with Crippen LogP contribution in [0.2, 0.25) is 0 Å². The van der Waals surface area contributed by atoms with E-state index in [0.29, 0.717) is 11.3 Å². The van der Waals surface area contributed by atoms with Crippen molar-refractivity contribution in [3.05, 3.63) is 35.9 Å². The summed E-state index contributed by atoms with van der Waals surface area (Å²) in [7, 11) is -2.43. The first-order chi connectivity index (χ1) is 12.5. The minimum Gasteiger partial charge on any atom is -0.292 e. The minimum absolute atomic E-state index is 0.0278. The Morgan fingerprint density at radius 1 is 1.04 bits per heavy atom. The summed E-state index contributed by atoms with van der Waals surface area (Å²) in [5.74, 6) is 6.26. The van der Waals surface area contributed by atoms with Gasteiger partial charge >= 0.3 is 0 Å². The zero-order valence-corrected chi connectivity index (χ0v) is 18.4. The van der Waals surface area contributed by atoms with Gasteiger partial charge in [0.2, 0.25) is 0 Å². The minimum atomic E-state index is -2.43. The Morgan fingerprint density at radius 2 is 1.59 bits per heavy atom. The molecule has 0 N–H and O–H groups in total. The van der Waals surface area contributed by atoms with Crippen LogP contribution in [0.15, 0.2) is 30.3 Å². The maximum absolute atomic E-state index is 13.8. The largest absolute Gasteiger partial charge is 0.292 e. The van der Waals surface area contributed by atoms with Crippen molar-refractivity contribution in [3.63, 3.8) is 0 Å². The molecule has 0 heterocycles. The second-order valence-electron chi connectivity index (χ2n) is 9.25. The molecular formula is C24H34O2S. The van der Waals surface area contributed by atoms with Crippen molar-refractivity contribution in [2.45, 2.75) is 65.7 Å². The van der Waals surface area contributed by atoms with E-state index >= 15 is 0 Å². The van der Waals surface area contributed by atoms with Crippen molar-refractivity contribution >= 4 is 20.2 Å². The molecule has 0 unspecified atom stereocenters. The van der Waals surface area contributed by atoms with E-state index in [9.17, 15) is 9.00 Å². The molecule has 0 atom stereocenters. The fourth-order valence-electron chi connectivity index (χ4n) is 3.76. The van der Waals surface area contributed by atoms with E-state index in [0.717, 1.165) is 25.7 Å². The molecule has 27 heavy (non-hydrogen) atoms. The molecule has 1 aromatic rings. The number of hydrogen-bond acceptors (Lipinski definition) is 2. The first kappa shape index (κ1) is 21.8. The zero-order valence-electron chi connectivity index (χ0n) is 17.6. The number of rotatable bonds is 4. The van der Waals surface area contributed by atoms with Crippen molar-refractivity contribution in [1.82, 2.24) is 0 Å². The molecule has 2 nitrogen and oxygen atoms in total. The Bertz CT molecular complexity index is 822. The highest BCUT2D eigenvalue weighted by Gasteiger charge is 2.41. The summed E-state index contributed by atoms with van der Waals surface area (Å²) in [5, 5.41) is 0.